The van der Waals surface area contributed by atoms with Crippen LogP contribution in [0.1, 0.15) is 11.1 Å². The molecular formula is C25H18ClFN2O4S. The lowest BCUT2D eigenvalue weighted by Crippen LogP contribution is -2.27. The number of halogens is 2. The maximum Gasteiger partial charge on any atom is 0.293 e. The van der Waals surface area contributed by atoms with Crippen molar-refractivity contribution in [3.8, 4) is 5.75 Å². The number of nitrogens with one attached hydrogen (secondary N) is 1. The van der Waals surface area contributed by atoms with Gasteiger partial charge in [0, 0.05) is 16.3 Å². The van der Waals surface area contributed by atoms with Gasteiger partial charge in [0.15, 0.2) is 6.61 Å². The van der Waals surface area contributed by atoms with Crippen LogP contribution in [0.3, 0.4) is 0 Å². The van der Waals surface area contributed by atoms with Gasteiger partial charge in [-0.25, -0.2) is 4.39 Å². The summed E-state index contributed by atoms with van der Waals surface area (Å²) in [5.74, 6) is -0.894. The minimum Gasteiger partial charge on any atom is -0.484 e. The molecule has 0 saturated carbocycles. The Hall–Kier alpha value is -3.62. The van der Waals surface area contributed by atoms with Crippen LogP contribution in [0.5, 0.6) is 5.75 Å². The molecule has 0 spiro atoms. The molecule has 0 unspecified atom stereocenters. The zero-order valence-electron chi connectivity index (χ0n) is 17.7. The van der Waals surface area contributed by atoms with Crippen molar-refractivity contribution < 1.29 is 23.5 Å². The second-order valence-corrected chi connectivity index (χ2v) is 8.71. The second-order valence-electron chi connectivity index (χ2n) is 7.28. The van der Waals surface area contributed by atoms with E-state index in [1.54, 1.807) is 66.7 Å². The monoisotopic (exact) mass is 496 g/mol. The first-order valence-corrected chi connectivity index (χ1v) is 11.4. The lowest BCUT2D eigenvalue weighted by molar-refractivity contribution is -0.123. The van der Waals surface area contributed by atoms with Crippen molar-refractivity contribution in [1.82, 2.24) is 4.90 Å². The Morgan fingerprint density at radius 2 is 1.82 bits per heavy atom. The highest BCUT2D eigenvalue weighted by atomic mass is 35.5. The molecule has 0 bridgehead atoms. The van der Waals surface area contributed by atoms with Crippen LogP contribution >= 0.6 is 23.4 Å². The number of hydrogen-bond acceptors (Lipinski definition) is 5. The largest absolute Gasteiger partial charge is 0.484 e. The standard InChI is InChI=1S/C25H18ClFN2O4S/c26-18-8-10-19(11-9-18)28-23(30)15-33-20-6-3-4-16(12-20)13-22-24(31)29(25(32)34-22)14-17-5-1-2-7-21(17)27/h1-13H,14-15H2,(H,28,30)/b22-13-. The number of ether oxygens (including phenoxy) is 1. The molecule has 34 heavy (non-hydrogen) atoms. The molecule has 6 nitrogen and oxygen atoms in total. The summed E-state index contributed by atoms with van der Waals surface area (Å²) in [4.78, 5) is 38.4. The Morgan fingerprint density at radius 3 is 2.59 bits per heavy atom. The minimum absolute atomic E-state index is 0.138. The van der Waals surface area contributed by atoms with Crippen LogP contribution in [0.25, 0.3) is 6.08 Å². The number of thioether (sulfide) groups is 1. The lowest BCUT2D eigenvalue weighted by Gasteiger charge is -2.12. The van der Waals surface area contributed by atoms with Gasteiger partial charge in [-0.3, -0.25) is 19.3 Å². The molecule has 4 rings (SSSR count). The third kappa shape index (κ3) is 5.84. The number of hydrogen-bond donors (Lipinski definition) is 1. The molecule has 9 heteroatoms. The van der Waals surface area contributed by atoms with Gasteiger partial charge in [0.1, 0.15) is 11.6 Å². The van der Waals surface area contributed by atoms with E-state index in [0.29, 0.717) is 22.0 Å². The number of imide groups is 1. The summed E-state index contributed by atoms with van der Waals surface area (Å²) in [7, 11) is 0. The van der Waals surface area contributed by atoms with E-state index in [1.807, 2.05) is 0 Å². The fourth-order valence-corrected chi connectivity index (χ4v) is 4.12. The summed E-state index contributed by atoms with van der Waals surface area (Å²) in [6.45, 7) is -0.355. The Labute approximate surface area is 204 Å². The van der Waals surface area contributed by atoms with Gasteiger partial charge in [0.05, 0.1) is 11.4 Å². The number of carbonyl (C=O) groups is 3. The topological polar surface area (TPSA) is 75.7 Å². The highest BCUT2D eigenvalue weighted by Crippen LogP contribution is 2.34. The zero-order valence-corrected chi connectivity index (χ0v) is 19.2. The van der Waals surface area contributed by atoms with Crippen molar-refractivity contribution in [2.75, 3.05) is 11.9 Å². The molecular weight excluding hydrogens is 479 g/mol. The van der Waals surface area contributed by atoms with E-state index in [1.165, 1.54) is 12.1 Å². The molecule has 0 aromatic heterocycles. The number of anilines is 1. The maximum atomic E-state index is 13.9. The van der Waals surface area contributed by atoms with Crippen molar-refractivity contribution >= 4 is 52.2 Å². The molecule has 3 amide bonds. The number of amides is 3. The fraction of sp³-hybridized carbons (Fsp3) is 0.0800. The first kappa shape index (κ1) is 23.5. The van der Waals surface area contributed by atoms with Gasteiger partial charge < -0.3 is 10.1 Å². The number of nitrogens with zero attached hydrogens (tertiary/aromatic N) is 1. The smallest absolute Gasteiger partial charge is 0.293 e. The van der Waals surface area contributed by atoms with E-state index in [4.69, 9.17) is 16.3 Å². The molecule has 0 radical (unpaired) electrons. The Kier molecular flexibility index (Phi) is 7.30. The average molecular weight is 497 g/mol. The van der Waals surface area contributed by atoms with E-state index >= 15 is 0 Å². The van der Waals surface area contributed by atoms with Crippen molar-refractivity contribution in [1.29, 1.82) is 0 Å². The van der Waals surface area contributed by atoms with Crippen LogP contribution in [-0.4, -0.2) is 28.6 Å². The van der Waals surface area contributed by atoms with Crippen LogP contribution in [0.4, 0.5) is 14.9 Å². The number of benzene rings is 3. The molecule has 1 heterocycles. The summed E-state index contributed by atoms with van der Waals surface area (Å²) >= 11 is 6.62. The van der Waals surface area contributed by atoms with Gasteiger partial charge in [-0.05, 0) is 65.9 Å². The predicted octanol–water partition coefficient (Wildman–Crippen LogP) is 5.73. The first-order valence-electron chi connectivity index (χ1n) is 10.2. The summed E-state index contributed by atoms with van der Waals surface area (Å²) in [6.07, 6.45) is 1.56. The van der Waals surface area contributed by atoms with E-state index in [9.17, 15) is 18.8 Å². The molecule has 1 fully saturated rings. The fourth-order valence-electron chi connectivity index (χ4n) is 3.16. The summed E-state index contributed by atoms with van der Waals surface area (Å²) in [6, 6.07) is 19.5. The Bertz CT molecular complexity index is 1280. The SMILES string of the molecule is O=C(COc1cccc(/C=C2\SC(=O)N(Cc3ccccc3F)C2=O)c1)Nc1ccc(Cl)cc1. The molecule has 0 atom stereocenters. The van der Waals surface area contributed by atoms with Gasteiger partial charge in [-0.1, -0.05) is 41.9 Å². The number of rotatable bonds is 7. The summed E-state index contributed by atoms with van der Waals surface area (Å²) < 4.78 is 19.5. The molecule has 3 aromatic rings. The molecule has 3 aromatic carbocycles. The lowest BCUT2D eigenvalue weighted by atomic mass is 10.2. The van der Waals surface area contributed by atoms with Gasteiger partial charge in [0.2, 0.25) is 0 Å². The third-order valence-corrected chi connectivity index (χ3v) is 5.97. The van der Waals surface area contributed by atoms with Crippen molar-refractivity contribution in [3.05, 3.63) is 99.7 Å². The van der Waals surface area contributed by atoms with E-state index in [-0.39, 0.29) is 29.5 Å². The third-order valence-electron chi connectivity index (χ3n) is 4.81. The van der Waals surface area contributed by atoms with E-state index in [2.05, 4.69) is 5.32 Å². The second kappa shape index (κ2) is 10.5. The van der Waals surface area contributed by atoms with Crippen LogP contribution < -0.4 is 10.1 Å². The van der Waals surface area contributed by atoms with Gasteiger partial charge in [-0.15, -0.1) is 0 Å². The van der Waals surface area contributed by atoms with Crippen LogP contribution in [-0.2, 0) is 16.1 Å². The predicted molar refractivity (Wildman–Crippen MR) is 130 cm³/mol. The number of carbonyl (C=O) groups excluding carboxylic acids is 3. The summed E-state index contributed by atoms with van der Waals surface area (Å²) in [5.41, 5.74) is 1.48. The maximum absolute atomic E-state index is 13.9. The molecule has 1 aliphatic heterocycles. The molecule has 1 saturated heterocycles. The first-order chi connectivity index (χ1) is 16.4. The van der Waals surface area contributed by atoms with Gasteiger partial charge in [-0.2, -0.15) is 0 Å². The van der Waals surface area contributed by atoms with Crippen LogP contribution in [0, 0.1) is 5.82 Å². The van der Waals surface area contributed by atoms with Crippen LogP contribution in [0.15, 0.2) is 77.7 Å². The molecule has 172 valence electrons. The minimum atomic E-state index is -0.494. The Morgan fingerprint density at radius 1 is 1.06 bits per heavy atom. The summed E-state index contributed by atoms with van der Waals surface area (Å²) in [5, 5.41) is 2.80. The van der Waals surface area contributed by atoms with Crippen molar-refractivity contribution in [2.24, 2.45) is 0 Å². The highest BCUT2D eigenvalue weighted by Gasteiger charge is 2.35. The van der Waals surface area contributed by atoms with Crippen LogP contribution in [0.2, 0.25) is 5.02 Å². The van der Waals surface area contributed by atoms with Gasteiger partial charge in [0.25, 0.3) is 17.1 Å². The molecule has 0 aliphatic carbocycles. The van der Waals surface area contributed by atoms with Crippen molar-refractivity contribution in [3.63, 3.8) is 0 Å². The normalized spacial score (nSPS) is 14.5. The highest BCUT2D eigenvalue weighted by molar-refractivity contribution is 8.18. The van der Waals surface area contributed by atoms with E-state index in [0.717, 1.165) is 16.7 Å². The van der Waals surface area contributed by atoms with Crippen molar-refractivity contribution in [2.45, 2.75) is 6.54 Å². The molecule has 1 aliphatic rings. The molecule has 1 N–H and O–H groups in total. The quantitative estimate of drug-likeness (QED) is 0.422. The average Bonchev–Trinajstić information content (AvgIpc) is 3.08. The van der Waals surface area contributed by atoms with E-state index < -0.39 is 17.0 Å². The zero-order chi connectivity index (χ0) is 24.1. The van der Waals surface area contributed by atoms with Gasteiger partial charge >= 0.3 is 0 Å². The Balaban J connectivity index is 1.39.